The van der Waals surface area contributed by atoms with Gasteiger partial charge in [-0.2, -0.15) is 17.0 Å². The molecule has 0 spiro atoms. The van der Waals surface area contributed by atoms with Crippen LogP contribution in [0, 0.1) is 5.92 Å². The highest BCUT2D eigenvalue weighted by Crippen LogP contribution is 2.20. The Morgan fingerprint density at radius 3 is 2.35 bits per heavy atom. The van der Waals surface area contributed by atoms with Crippen LogP contribution in [0.1, 0.15) is 26.2 Å². The van der Waals surface area contributed by atoms with Crippen molar-refractivity contribution in [2.24, 2.45) is 5.92 Å². The number of hydrogen-bond acceptors (Lipinski definition) is 3. The van der Waals surface area contributed by atoms with Crippen LogP contribution in [0.5, 0.6) is 0 Å². The summed E-state index contributed by atoms with van der Waals surface area (Å²) in [5, 5.41) is 8.84. The second-order valence-electron chi connectivity index (χ2n) is 4.34. The molecule has 0 amide bonds. The van der Waals surface area contributed by atoms with Crippen molar-refractivity contribution in [1.29, 1.82) is 0 Å². The molecule has 0 bridgehead atoms. The monoisotopic (exact) mass is 264 g/mol. The van der Waals surface area contributed by atoms with Crippen LogP contribution in [0.2, 0.25) is 0 Å². The van der Waals surface area contributed by atoms with E-state index in [9.17, 15) is 13.2 Å². The van der Waals surface area contributed by atoms with Gasteiger partial charge in [-0.1, -0.05) is 6.92 Å². The highest BCUT2D eigenvalue weighted by molar-refractivity contribution is 7.86. The first kappa shape index (κ1) is 14.4. The summed E-state index contributed by atoms with van der Waals surface area (Å²) >= 11 is 0. The molecule has 0 aromatic rings. The summed E-state index contributed by atoms with van der Waals surface area (Å²) in [6, 6.07) is 0. The van der Waals surface area contributed by atoms with E-state index >= 15 is 0 Å². The molecule has 1 N–H and O–H groups in total. The number of carboxylic acids is 1. The lowest BCUT2D eigenvalue weighted by atomic mass is 9.99. The van der Waals surface area contributed by atoms with E-state index in [0.717, 1.165) is 6.42 Å². The molecular formula is C10H20N2O4S. The lowest BCUT2D eigenvalue weighted by Gasteiger charge is -2.32. The maximum absolute atomic E-state index is 12.1. The molecule has 1 heterocycles. The van der Waals surface area contributed by atoms with E-state index in [2.05, 4.69) is 0 Å². The molecule has 0 aliphatic carbocycles. The predicted molar refractivity (Wildman–Crippen MR) is 63.8 cm³/mol. The van der Waals surface area contributed by atoms with Crippen LogP contribution >= 0.6 is 0 Å². The molecule has 0 aromatic carbocycles. The largest absolute Gasteiger partial charge is 0.481 e. The van der Waals surface area contributed by atoms with Crippen molar-refractivity contribution in [3.05, 3.63) is 0 Å². The van der Waals surface area contributed by atoms with Crippen LogP contribution in [0.15, 0.2) is 0 Å². The normalized spacial score (nSPS) is 19.7. The summed E-state index contributed by atoms with van der Waals surface area (Å²) in [6.07, 6.45) is 1.56. The first-order valence-electron chi connectivity index (χ1n) is 5.83. The summed E-state index contributed by atoms with van der Waals surface area (Å²) in [4.78, 5) is 10.8. The predicted octanol–water partition coefficient (Wildman–Crippen LogP) is 0.370. The Hall–Kier alpha value is -0.660. The molecule has 0 aromatic heterocycles. The summed E-state index contributed by atoms with van der Waals surface area (Å²) in [5.41, 5.74) is 0. The van der Waals surface area contributed by atoms with Gasteiger partial charge in [-0.05, 0) is 19.3 Å². The van der Waals surface area contributed by atoms with Crippen LogP contribution in [0.3, 0.4) is 0 Å². The Morgan fingerprint density at radius 2 is 1.94 bits per heavy atom. The van der Waals surface area contributed by atoms with E-state index in [1.54, 1.807) is 7.05 Å². The van der Waals surface area contributed by atoms with E-state index in [1.165, 1.54) is 8.61 Å². The van der Waals surface area contributed by atoms with Crippen molar-refractivity contribution in [2.75, 3.05) is 26.7 Å². The number of nitrogens with zero attached hydrogens (tertiary/aromatic N) is 2. The summed E-state index contributed by atoms with van der Waals surface area (Å²) in [5.74, 6) is -1.23. The molecule has 1 aliphatic rings. The molecule has 0 unspecified atom stereocenters. The fraction of sp³-hybridized carbons (Fsp3) is 0.900. The van der Waals surface area contributed by atoms with Gasteiger partial charge < -0.3 is 5.11 Å². The van der Waals surface area contributed by atoms with E-state index < -0.39 is 22.1 Å². The quantitative estimate of drug-likeness (QED) is 0.778. The molecule has 0 radical (unpaired) electrons. The van der Waals surface area contributed by atoms with Gasteiger partial charge in [0.25, 0.3) is 10.2 Å². The molecule has 1 aliphatic heterocycles. The number of carbonyl (C=O) groups is 1. The Kier molecular flexibility index (Phi) is 4.91. The Bertz CT molecular complexity index is 361. The number of piperidine rings is 1. The highest BCUT2D eigenvalue weighted by atomic mass is 32.2. The fourth-order valence-electron chi connectivity index (χ4n) is 1.96. The van der Waals surface area contributed by atoms with Gasteiger partial charge in [0.2, 0.25) is 0 Å². The smallest absolute Gasteiger partial charge is 0.306 e. The van der Waals surface area contributed by atoms with Crippen molar-refractivity contribution in [3.63, 3.8) is 0 Å². The van der Waals surface area contributed by atoms with Gasteiger partial charge in [-0.3, -0.25) is 4.79 Å². The second-order valence-corrected chi connectivity index (χ2v) is 6.38. The minimum absolute atomic E-state index is 0.299. The van der Waals surface area contributed by atoms with Crippen molar-refractivity contribution < 1.29 is 18.3 Å². The molecule has 7 heteroatoms. The molecular weight excluding hydrogens is 244 g/mol. The maximum Gasteiger partial charge on any atom is 0.306 e. The van der Waals surface area contributed by atoms with Crippen LogP contribution in [0.4, 0.5) is 0 Å². The van der Waals surface area contributed by atoms with Crippen molar-refractivity contribution >= 4 is 16.2 Å². The molecule has 6 nitrogen and oxygen atoms in total. The molecule has 1 saturated heterocycles. The maximum atomic E-state index is 12.1. The van der Waals surface area contributed by atoms with Gasteiger partial charge >= 0.3 is 5.97 Å². The van der Waals surface area contributed by atoms with Crippen LogP contribution in [-0.4, -0.2) is 54.8 Å². The van der Waals surface area contributed by atoms with Gasteiger partial charge in [-0.25, -0.2) is 0 Å². The standard InChI is InChI=1S/C10H20N2O4S/c1-3-6-11(2)17(15,16)12-7-4-9(5-8-12)10(13)14/h9H,3-8H2,1-2H3,(H,13,14). The average Bonchev–Trinajstić information content (AvgIpc) is 2.29. The van der Waals surface area contributed by atoms with Gasteiger partial charge in [0.15, 0.2) is 0 Å². The molecule has 100 valence electrons. The first-order chi connectivity index (χ1) is 7.89. The molecule has 1 fully saturated rings. The third-order valence-corrected chi connectivity index (χ3v) is 5.05. The first-order valence-corrected chi connectivity index (χ1v) is 7.23. The van der Waals surface area contributed by atoms with Crippen LogP contribution < -0.4 is 0 Å². The fourth-order valence-corrected chi connectivity index (χ4v) is 3.44. The van der Waals surface area contributed by atoms with Gasteiger partial charge in [0, 0.05) is 26.7 Å². The molecule has 17 heavy (non-hydrogen) atoms. The van der Waals surface area contributed by atoms with Crippen LogP contribution in [0.25, 0.3) is 0 Å². The average molecular weight is 264 g/mol. The number of rotatable bonds is 5. The number of hydrogen-bond donors (Lipinski definition) is 1. The van der Waals surface area contributed by atoms with E-state index in [4.69, 9.17) is 5.11 Å². The lowest BCUT2D eigenvalue weighted by Crippen LogP contribution is -2.46. The van der Waals surface area contributed by atoms with Gasteiger partial charge in [0.05, 0.1) is 5.92 Å². The zero-order chi connectivity index (χ0) is 13.1. The topological polar surface area (TPSA) is 77.9 Å². The Labute approximate surface area is 102 Å². The summed E-state index contributed by atoms with van der Waals surface area (Å²) in [7, 11) is -1.84. The Morgan fingerprint density at radius 1 is 1.41 bits per heavy atom. The highest BCUT2D eigenvalue weighted by Gasteiger charge is 2.32. The summed E-state index contributed by atoms with van der Waals surface area (Å²) in [6.45, 7) is 3.00. The molecule has 0 atom stereocenters. The summed E-state index contributed by atoms with van der Waals surface area (Å²) < 4.78 is 26.8. The SMILES string of the molecule is CCCN(C)S(=O)(=O)N1CCC(C(=O)O)CC1. The minimum Gasteiger partial charge on any atom is -0.481 e. The molecule has 0 saturated carbocycles. The third kappa shape index (κ3) is 3.40. The zero-order valence-corrected chi connectivity index (χ0v) is 11.1. The van der Waals surface area contributed by atoms with Crippen molar-refractivity contribution in [3.8, 4) is 0 Å². The second kappa shape index (κ2) is 5.79. The van der Waals surface area contributed by atoms with E-state index in [0.29, 0.717) is 32.5 Å². The zero-order valence-electron chi connectivity index (χ0n) is 10.3. The number of carboxylic acid groups (broad SMARTS) is 1. The van der Waals surface area contributed by atoms with E-state index in [-0.39, 0.29) is 0 Å². The van der Waals surface area contributed by atoms with Crippen molar-refractivity contribution in [1.82, 2.24) is 8.61 Å². The van der Waals surface area contributed by atoms with Gasteiger partial charge in [-0.15, -0.1) is 0 Å². The molecule has 1 rings (SSSR count). The number of aliphatic carboxylic acids is 1. The van der Waals surface area contributed by atoms with Crippen LogP contribution in [-0.2, 0) is 15.0 Å². The van der Waals surface area contributed by atoms with Gasteiger partial charge in [0.1, 0.15) is 0 Å². The third-order valence-electron chi connectivity index (χ3n) is 3.06. The lowest BCUT2D eigenvalue weighted by molar-refractivity contribution is -0.142. The Balaban J connectivity index is 2.61. The van der Waals surface area contributed by atoms with Crippen molar-refractivity contribution in [2.45, 2.75) is 26.2 Å². The van der Waals surface area contributed by atoms with E-state index in [1.807, 2.05) is 6.92 Å². The minimum atomic E-state index is -3.40.